The summed E-state index contributed by atoms with van der Waals surface area (Å²) in [5.41, 5.74) is -0.125. The second-order valence-corrected chi connectivity index (χ2v) is 8.61. The summed E-state index contributed by atoms with van der Waals surface area (Å²) < 4.78 is 29.1. The van der Waals surface area contributed by atoms with Crippen LogP contribution in [-0.4, -0.2) is 33.2 Å². The molecule has 0 amide bonds. The van der Waals surface area contributed by atoms with Crippen molar-refractivity contribution in [1.82, 2.24) is 0 Å². The van der Waals surface area contributed by atoms with Gasteiger partial charge in [-0.15, -0.1) is 13.9 Å². The first-order chi connectivity index (χ1) is 17.9. The Balaban J connectivity index is 1.86. The van der Waals surface area contributed by atoms with E-state index in [9.17, 15) is 18.9 Å². The first kappa shape index (κ1) is 28.0. The molecule has 0 unspecified atom stereocenters. The van der Waals surface area contributed by atoms with Crippen molar-refractivity contribution in [2.75, 3.05) is 15.5 Å². The Hall–Kier alpha value is -4.54. The zero-order valence-electron chi connectivity index (χ0n) is 19.1. The zero-order chi connectivity index (χ0) is 28.0. The minimum absolute atomic E-state index is 0.0196. The van der Waals surface area contributed by atoms with E-state index in [4.69, 9.17) is 46.7 Å². The second-order valence-electron chi connectivity index (χ2n) is 7.23. The number of aromatic carboxylic acids is 3. The summed E-state index contributed by atoms with van der Waals surface area (Å²) in [7, 11) is -4.92. The van der Waals surface area contributed by atoms with E-state index in [0.29, 0.717) is 15.5 Å². The van der Waals surface area contributed by atoms with Crippen molar-refractivity contribution in [3.8, 4) is 0 Å². The molecule has 0 saturated carbocycles. The smallest absolute Gasteiger partial charge is 0.478 e. The maximum atomic E-state index is 13.6. The molecule has 0 fully saturated rings. The minimum atomic E-state index is -4.92. The van der Waals surface area contributed by atoms with Gasteiger partial charge in [-0.25, -0.2) is 36.5 Å². The standard InChI is InChI=1S/C21H21N6O10P/c22-25(16-7-1-13(2-8-16)19(28)29)35-38(34,36-26(23)17-9-3-14(4-10-17)20(30)31)37-27(24)18-11-5-15(6-12-18)21(32)33/h1-12H,22-24H2,(H,28,29)(H,30,31)(H,32,33). The summed E-state index contributed by atoms with van der Waals surface area (Å²) in [5.74, 6) is 13.9. The molecule has 3 aromatic rings. The highest BCUT2D eigenvalue weighted by Crippen LogP contribution is 2.52. The quantitative estimate of drug-likeness (QED) is 0.108. The Morgan fingerprint density at radius 3 is 0.921 bits per heavy atom. The molecule has 0 aliphatic rings. The van der Waals surface area contributed by atoms with Gasteiger partial charge in [-0.1, -0.05) is 0 Å². The van der Waals surface area contributed by atoms with Crippen LogP contribution >= 0.6 is 7.82 Å². The lowest BCUT2D eigenvalue weighted by atomic mass is 10.2. The molecule has 3 aromatic carbocycles. The predicted octanol–water partition coefficient (Wildman–Crippen LogP) is 2.12. The van der Waals surface area contributed by atoms with Gasteiger partial charge in [0, 0.05) is 0 Å². The van der Waals surface area contributed by atoms with Gasteiger partial charge in [-0.2, -0.15) is 15.5 Å². The summed E-state index contributed by atoms with van der Waals surface area (Å²) in [6.45, 7) is 0. The van der Waals surface area contributed by atoms with Crippen LogP contribution in [0.5, 0.6) is 0 Å². The lowest BCUT2D eigenvalue weighted by Crippen LogP contribution is -2.38. The van der Waals surface area contributed by atoms with Gasteiger partial charge in [0.25, 0.3) is 0 Å². The van der Waals surface area contributed by atoms with E-state index < -0.39 is 25.7 Å². The second kappa shape index (κ2) is 11.7. The molecule has 0 aliphatic carbocycles. The fraction of sp³-hybridized carbons (Fsp3) is 0. The van der Waals surface area contributed by atoms with Gasteiger partial charge in [0.1, 0.15) is 0 Å². The molecule has 0 heterocycles. The molecule has 38 heavy (non-hydrogen) atoms. The summed E-state index contributed by atoms with van der Waals surface area (Å²) in [6.07, 6.45) is 0. The average molecular weight is 548 g/mol. The number of phosphoric acid groups is 1. The fourth-order valence-electron chi connectivity index (χ4n) is 2.76. The Bertz CT molecular complexity index is 1190. The van der Waals surface area contributed by atoms with E-state index in [-0.39, 0.29) is 33.8 Å². The Morgan fingerprint density at radius 1 is 0.526 bits per heavy atom. The van der Waals surface area contributed by atoms with E-state index in [1.807, 2.05) is 0 Å². The molecule has 0 aromatic heterocycles. The SMILES string of the molecule is NN(OP(=O)(ON(N)c1ccc(C(=O)O)cc1)ON(N)c1ccc(C(=O)O)cc1)c1ccc(C(=O)O)cc1. The molecule has 0 saturated heterocycles. The van der Waals surface area contributed by atoms with Crippen LogP contribution in [0.4, 0.5) is 17.1 Å². The molecule has 0 bridgehead atoms. The average Bonchev–Trinajstić information content (AvgIpc) is 2.88. The van der Waals surface area contributed by atoms with Crippen molar-refractivity contribution in [3.63, 3.8) is 0 Å². The van der Waals surface area contributed by atoms with Crippen molar-refractivity contribution < 1.29 is 48.1 Å². The van der Waals surface area contributed by atoms with Crippen molar-refractivity contribution >= 4 is 42.8 Å². The summed E-state index contributed by atoms with van der Waals surface area (Å²) in [6, 6.07) is 14.6. The molecule has 17 heteroatoms. The number of hydrazine groups is 3. The number of benzene rings is 3. The number of rotatable bonds is 12. The molecule has 3 rings (SSSR count). The lowest BCUT2D eigenvalue weighted by molar-refractivity contribution is 0.0686. The zero-order valence-corrected chi connectivity index (χ0v) is 20.0. The van der Waals surface area contributed by atoms with Gasteiger partial charge < -0.3 is 15.3 Å². The van der Waals surface area contributed by atoms with E-state index in [0.717, 1.165) is 0 Å². The van der Waals surface area contributed by atoms with Crippen LogP contribution in [0.25, 0.3) is 0 Å². The van der Waals surface area contributed by atoms with E-state index >= 15 is 0 Å². The van der Waals surface area contributed by atoms with Crippen molar-refractivity contribution in [2.45, 2.75) is 0 Å². The molecule has 0 radical (unpaired) electrons. The normalized spacial score (nSPS) is 11.0. The Labute approximate surface area is 213 Å². The van der Waals surface area contributed by atoms with Crippen LogP contribution in [0.2, 0.25) is 0 Å². The highest BCUT2D eigenvalue weighted by atomic mass is 31.2. The molecule has 0 atom stereocenters. The van der Waals surface area contributed by atoms with E-state index in [1.165, 1.54) is 72.8 Å². The van der Waals surface area contributed by atoms with Gasteiger partial charge in [0.2, 0.25) is 0 Å². The largest absolute Gasteiger partial charge is 0.543 e. The van der Waals surface area contributed by atoms with Crippen molar-refractivity contribution in [2.24, 2.45) is 17.5 Å². The molecule has 16 nitrogen and oxygen atoms in total. The van der Waals surface area contributed by atoms with Gasteiger partial charge in [0.15, 0.2) is 0 Å². The number of nitrogens with two attached hydrogens (primary N) is 3. The monoisotopic (exact) mass is 548 g/mol. The number of nitrogens with zero attached hydrogens (tertiary/aromatic N) is 3. The van der Waals surface area contributed by atoms with Gasteiger partial charge in [-0.3, -0.25) is 0 Å². The summed E-state index contributed by atoms with van der Waals surface area (Å²) >= 11 is 0. The molecule has 0 aliphatic heterocycles. The van der Waals surface area contributed by atoms with Crippen LogP contribution in [0.15, 0.2) is 72.8 Å². The molecule has 0 spiro atoms. The van der Waals surface area contributed by atoms with Gasteiger partial charge in [0.05, 0.1) is 33.8 Å². The third kappa shape index (κ3) is 7.02. The summed E-state index contributed by atoms with van der Waals surface area (Å²) in [4.78, 5) is 33.2. The van der Waals surface area contributed by atoms with Gasteiger partial charge in [-0.05, 0) is 72.8 Å². The van der Waals surface area contributed by atoms with Crippen LogP contribution in [0, 0.1) is 0 Å². The first-order valence-electron chi connectivity index (χ1n) is 10.2. The van der Waals surface area contributed by atoms with Crippen molar-refractivity contribution in [1.29, 1.82) is 0 Å². The third-order valence-corrected chi connectivity index (χ3v) is 5.80. The number of hydrogen-bond acceptors (Lipinski definition) is 13. The number of hydrogen-bond donors (Lipinski definition) is 6. The molecule has 200 valence electrons. The Morgan fingerprint density at radius 2 is 0.737 bits per heavy atom. The third-order valence-electron chi connectivity index (χ3n) is 4.67. The van der Waals surface area contributed by atoms with Crippen LogP contribution < -0.4 is 33.0 Å². The molecule has 9 N–H and O–H groups in total. The summed E-state index contributed by atoms with van der Waals surface area (Å²) in [5, 5.41) is 28.5. The van der Waals surface area contributed by atoms with Crippen molar-refractivity contribution in [3.05, 3.63) is 89.5 Å². The predicted molar refractivity (Wildman–Crippen MR) is 131 cm³/mol. The topological polar surface area (TPSA) is 244 Å². The van der Waals surface area contributed by atoms with Crippen LogP contribution in [0.1, 0.15) is 31.1 Å². The number of anilines is 3. The van der Waals surface area contributed by atoms with Gasteiger partial charge >= 0.3 is 25.7 Å². The highest BCUT2D eigenvalue weighted by molar-refractivity contribution is 7.48. The maximum Gasteiger partial charge on any atom is 0.543 e. The molecular formula is C21H21N6O10P. The van der Waals surface area contributed by atoms with Crippen LogP contribution in [-0.2, 0) is 18.4 Å². The lowest BCUT2D eigenvalue weighted by Gasteiger charge is -2.29. The van der Waals surface area contributed by atoms with E-state index in [2.05, 4.69) is 0 Å². The molecular weight excluding hydrogens is 527 g/mol. The fourth-order valence-corrected chi connectivity index (χ4v) is 3.78. The highest BCUT2D eigenvalue weighted by Gasteiger charge is 2.37. The maximum absolute atomic E-state index is 13.6. The van der Waals surface area contributed by atoms with E-state index in [1.54, 1.807) is 0 Å². The van der Waals surface area contributed by atoms with Crippen LogP contribution in [0.3, 0.4) is 0 Å². The number of carboxylic acid groups (broad SMARTS) is 3. The Kier molecular flexibility index (Phi) is 8.61. The minimum Gasteiger partial charge on any atom is -0.478 e. The number of carbonyl (C=O) groups is 3. The first-order valence-corrected chi connectivity index (χ1v) is 11.7. The number of carboxylic acids is 3.